The molecule has 0 rings (SSSR count). The first-order valence-corrected chi connectivity index (χ1v) is 20.3. The van der Waals surface area contributed by atoms with Crippen molar-refractivity contribution in [3.8, 4) is 0 Å². The molecule has 0 radical (unpaired) electrons. The summed E-state index contributed by atoms with van der Waals surface area (Å²) in [5, 5.41) is 8.82. The van der Waals surface area contributed by atoms with Crippen molar-refractivity contribution in [3.63, 3.8) is 0 Å². The van der Waals surface area contributed by atoms with E-state index < -0.39 is 5.97 Å². The van der Waals surface area contributed by atoms with Gasteiger partial charge in [0.2, 0.25) is 0 Å². The Morgan fingerprint density at radius 3 is 1.44 bits per heavy atom. The number of allylic oxidation sites excluding steroid dienone is 10. The molecule has 1 atom stereocenters. The Balaban J connectivity index is 4.12. The molecule has 0 saturated carbocycles. The first kappa shape index (κ1) is 45.6. The van der Waals surface area contributed by atoms with E-state index in [4.69, 9.17) is 9.84 Å². The summed E-state index contributed by atoms with van der Waals surface area (Å²) >= 11 is 0. The quantitative estimate of drug-likeness (QED) is 0.0410. The molecule has 0 aliphatic rings. The number of carbonyl (C=O) groups is 2. The van der Waals surface area contributed by atoms with Gasteiger partial charge in [-0.3, -0.25) is 9.59 Å². The number of unbranched alkanes of at least 4 members (excludes halogenated alkanes) is 17. The molecule has 0 spiro atoms. The third-order valence-electron chi connectivity index (χ3n) is 8.72. The van der Waals surface area contributed by atoms with Crippen LogP contribution in [0.15, 0.2) is 60.8 Å². The van der Waals surface area contributed by atoms with Crippen LogP contribution in [0, 0.1) is 0 Å². The highest BCUT2D eigenvalue weighted by molar-refractivity contribution is 5.69. The summed E-state index contributed by atoms with van der Waals surface area (Å²) in [5.74, 6) is -0.741. The van der Waals surface area contributed by atoms with Crippen molar-refractivity contribution in [1.29, 1.82) is 0 Å². The fraction of sp³-hybridized carbons (Fsp3) is 0.727. The van der Waals surface area contributed by atoms with Crippen molar-refractivity contribution in [2.75, 3.05) is 0 Å². The number of carboxylic acid groups (broad SMARTS) is 1. The second-order valence-electron chi connectivity index (χ2n) is 13.4. The summed E-state index contributed by atoms with van der Waals surface area (Å²) in [5.41, 5.74) is 0. The molecule has 48 heavy (non-hydrogen) atoms. The average Bonchev–Trinajstić information content (AvgIpc) is 3.07. The van der Waals surface area contributed by atoms with Gasteiger partial charge in [0.05, 0.1) is 0 Å². The maximum absolute atomic E-state index is 12.7. The van der Waals surface area contributed by atoms with Crippen molar-refractivity contribution in [2.24, 2.45) is 0 Å². The molecule has 4 nitrogen and oxygen atoms in total. The molecular weight excluding hydrogens is 592 g/mol. The highest BCUT2D eigenvalue weighted by Gasteiger charge is 2.14. The van der Waals surface area contributed by atoms with Crippen LogP contribution in [-0.2, 0) is 14.3 Å². The predicted molar refractivity (Wildman–Crippen MR) is 208 cm³/mol. The van der Waals surface area contributed by atoms with Crippen molar-refractivity contribution in [2.45, 2.75) is 206 Å². The average molecular weight is 669 g/mol. The first-order chi connectivity index (χ1) is 23.6. The van der Waals surface area contributed by atoms with E-state index in [2.05, 4.69) is 74.6 Å². The van der Waals surface area contributed by atoms with Crippen molar-refractivity contribution >= 4 is 11.9 Å². The van der Waals surface area contributed by atoms with Gasteiger partial charge in [0.15, 0.2) is 0 Å². The van der Waals surface area contributed by atoms with Crippen LogP contribution in [0.3, 0.4) is 0 Å². The monoisotopic (exact) mass is 669 g/mol. The molecule has 0 aliphatic carbocycles. The molecule has 1 unspecified atom stereocenters. The van der Waals surface area contributed by atoms with Gasteiger partial charge in [-0.25, -0.2) is 0 Å². The molecule has 4 heteroatoms. The maximum Gasteiger partial charge on any atom is 0.306 e. The van der Waals surface area contributed by atoms with Crippen molar-refractivity contribution in [1.82, 2.24) is 0 Å². The van der Waals surface area contributed by atoms with Crippen LogP contribution in [0.5, 0.6) is 0 Å². The van der Waals surface area contributed by atoms with Crippen LogP contribution in [0.4, 0.5) is 0 Å². The minimum absolute atomic E-state index is 0.00513. The predicted octanol–water partition coefficient (Wildman–Crippen LogP) is 14.1. The van der Waals surface area contributed by atoms with Crippen molar-refractivity contribution < 1.29 is 19.4 Å². The van der Waals surface area contributed by atoms with Crippen LogP contribution in [-0.4, -0.2) is 23.1 Å². The number of hydrogen-bond acceptors (Lipinski definition) is 3. The Labute approximate surface area is 297 Å². The molecule has 0 aromatic carbocycles. The molecule has 0 bridgehead atoms. The van der Waals surface area contributed by atoms with E-state index in [-0.39, 0.29) is 18.5 Å². The largest absolute Gasteiger partial charge is 0.481 e. The lowest BCUT2D eigenvalue weighted by molar-refractivity contribution is -0.150. The van der Waals surface area contributed by atoms with Gasteiger partial charge < -0.3 is 9.84 Å². The normalized spacial score (nSPS) is 12.9. The zero-order valence-electron chi connectivity index (χ0n) is 31.5. The fourth-order valence-corrected chi connectivity index (χ4v) is 5.76. The smallest absolute Gasteiger partial charge is 0.306 e. The molecular formula is C44H76O4. The molecule has 0 saturated heterocycles. The summed E-state index contributed by atoms with van der Waals surface area (Å²) in [4.78, 5) is 23.4. The van der Waals surface area contributed by atoms with Crippen LogP contribution >= 0.6 is 0 Å². The number of carboxylic acids is 1. The van der Waals surface area contributed by atoms with E-state index in [1.165, 1.54) is 77.0 Å². The standard InChI is InChI=1S/C44H76O4/c1-3-5-7-9-11-13-15-17-18-19-20-22-24-26-28-33-37-41-44(47)48-42(39-35-31-29-32-36-40-43(45)46)38-34-30-27-25-23-21-16-14-12-10-8-6-4-2/h5,7,11,13,16-18,21,25,27,42H,3-4,6,8-10,12,14-15,19-20,22-24,26,28-41H2,1-2H3,(H,45,46)/b7-5-,13-11-,18-17-,21-16-,27-25-. The Hall–Kier alpha value is -2.36. The van der Waals surface area contributed by atoms with E-state index in [1.807, 2.05) is 0 Å². The van der Waals surface area contributed by atoms with E-state index in [9.17, 15) is 9.59 Å². The van der Waals surface area contributed by atoms with Crippen LogP contribution < -0.4 is 0 Å². The summed E-state index contributed by atoms with van der Waals surface area (Å²) in [6.45, 7) is 4.42. The second kappa shape index (κ2) is 39.1. The number of carbonyl (C=O) groups excluding carboxylic acids is 1. The summed E-state index contributed by atoms with van der Waals surface area (Å²) in [6.07, 6.45) is 53.8. The third-order valence-corrected chi connectivity index (χ3v) is 8.72. The summed E-state index contributed by atoms with van der Waals surface area (Å²) in [6, 6.07) is 0. The van der Waals surface area contributed by atoms with Gasteiger partial charge >= 0.3 is 11.9 Å². The Morgan fingerprint density at radius 1 is 0.479 bits per heavy atom. The topological polar surface area (TPSA) is 63.6 Å². The number of esters is 1. The molecule has 276 valence electrons. The lowest BCUT2D eigenvalue weighted by atomic mass is 10.0. The van der Waals surface area contributed by atoms with Crippen LogP contribution in [0.2, 0.25) is 0 Å². The zero-order valence-corrected chi connectivity index (χ0v) is 31.5. The minimum Gasteiger partial charge on any atom is -0.481 e. The van der Waals surface area contributed by atoms with Gasteiger partial charge in [0.25, 0.3) is 0 Å². The van der Waals surface area contributed by atoms with Crippen LogP contribution in [0.25, 0.3) is 0 Å². The number of ether oxygens (including phenoxy) is 1. The molecule has 0 heterocycles. The summed E-state index contributed by atoms with van der Waals surface area (Å²) < 4.78 is 5.98. The lowest BCUT2D eigenvalue weighted by Crippen LogP contribution is -2.18. The van der Waals surface area contributed by atoms with Crippen molar-refractivity contribution in [3.05, 3.63) is 60.8 Å². The van der Waals surface area contributed by atoms with E-state index in [0.29, 0.717) is 6.42 Å². The SMILES string of the molecule is CC/C=C\C/C=C\C/C=C\CCCCCCCCCC(=O)OC(CCC/C=C\C/C=C\CCCCCCC)CCCCCCCC(=O)O. The van der Waals surface area contributed by atoms with E-state index in [1.54, 1.807) is 0 Å². The Morgan fingerprint density at radius 2 is 0.896 bits per heavy atom. The highest BCUT2D eigenvalue weighted by atomic mass is 16.5. The Kier molecular flexibility index (Phi) is 37.2. The second-order valence-corrected chi connectivity index (χ2v) is 13.4. The number of aliphatic carboxylic acids is 1. The molecule has 0 amide bonds. The number of hydrogen-bond donors (Lipinski definition) is 1. The van der Waals surface area contributed by atoms with Gasteiger partial charge in [0, 0.05) is 12.8 Å². The first-order valence-electron chi connectivity index (χ1n) is 20.3. The van der Waals surface area contributed by atoms with Crippen LogP contribution in [0.1, 0.15) is 200 Å². The van der Waals surface area contributed by atoms with Gasteiger partial charge in [-0.1, -0.05) is 152 Å². The van der Waals surface area contributed by atoms with E-state index >= 15 is 0 Å². The van der Waals surface area contributed by atoms with Gasteiger partial charge in [0.1, 0.15) is 6.10 Å². The number of rotatable bonds is 36. The minimum atomic E-state index is -0.709. The summed E-state index contributed by atoms with van der Waals surface area (Å²) in [7, 11) is 0. The fourth-order valence-electron chi connectivity index (χ4n) is 5.76. The lowest BCUT2D eigenvalue weighted by Gasteiger charge is -2.18. The molecule has 0 aromatic heterocycles. The Bertz CT molecular complexity index is 850. The molecule has 0 fully saturated rings. The maximum atomic E-state index is 12.7. The van der Waals surface area contributed by atoms with Gasteiger partial charge in [-0.15, -0.1) is 0 Å². The molecule has 1 N–H and O–H groups in total. The third kappa shape index (κ3) is 38.1. The highest BCUT2D eigenvalue weighted by Crippen LogP contribution is 2.18. The molecule has 0 aliphatic heterocycles. The molecule has 0 aromatic rings. The van der Waals surface area contributed by atoms with Gasteiger partial charge in [-0.2, -0.15) is 0 Å². The van der Waals surface area contributed by atoms with Gasteiger partial charge in [-0.05, 0) is 96.3 Å². The van der Waals surface area contributed by atoms with E-state index in [0.717, 1.165) is 96.3 Å². The zero-order chi connectivity index (χ0) is 35.0.